The van der Waals surface area contributed by atoms with Crippen molar-refractivity contribution in [1.29, 1.82) is 0 Å². The van der Waals surface area contributed by atoms with Crippen LogP contribution < -0.4 is 15.1 Å². The fourth-order valence-electron chi connectivity index (χ4n) is 2.68. The van der Waals surface area contributed by atoms with Gasteiger partial charge in [0.15, 0.2) is 5.82 Å². The number of anilines is 2. The Bertz CT molecular complexity index is 753. The number of aromatic nitrogens is 3. The van der Waals surface area contributed by atoms with Gasteiger partial charge in [-0.3, -0.25) is 4.79 Å². The minimum Gasteiger partial charge on any atom is -0.347 e. The second-order valence-electron chi connectivity index (χ2n) is 6.36. The number of rotatable bonds is 6. The minimum atomic E-state index is -0.162. The van der Waals surface area contributed by atoms with Gasteiger partial charge >= 0.3 is 0 Å². The average molecular weight is 372 g/mol. The predicted molar refractivity (Wildman–Crippen MR) is 105 cm³/mol. The monoisotopic (exact) mass is 372 g/mol. The molecule has 3 heterocycles. The Morgan fingerprint density at radius 2 is 2.08 bits per heavy atom. The van der Waals surface area contributed by atoms with Crippen molar-refractivity contribution in [3.8, 4) is 0 Å². The summed E-state index contributed by atoms with van der Waals surface area (Å²) in [4.78, 5) is 30.7. The second kappa shape index (κ2) is 8.75. The third-order valence-corrected chi connectivity index (χ3v) is 4.90. The molecule has 0 atom stereocenters. The first-order valence-electron chi connectivity index (χ1n) is 8.78. The molecule has 0 unspecified atom stereocenters. The van der Waals surface area contributed by atoms with Gasteiger partial charge in [-0.1, -0.05) is 6.07 Å². The molecule has 1 N–H and O–H groups in total. The van der Waals surface area contributed by atoms with Gasteiger partial charge in [0.2, 0.25) is 17.8 Å². The molecular formula is C18H24N6OS. The highest BCUT2D eigenvalue weighted by atomic mass is 32.1. The van der Waals surface area contributed by atoms with Gasteiger partial charge in [-0.2, -0.15) is 15.0 Å². The Balaban J connectivity index is 1.67. The summed E-state index contributed by atoms with van der Waals surface area (Å²) in [6, 6.07) is 3.92. The van der Waals surface area contributed by atoms with Crippen LogP contribution in [0.3, 0.4) is 0 Å². The van der Waals surface area contributed by atoms with Gasteiger partial charge in [-0.25, -0.2) is 0 Å². The minimum absolute atomic E-state index is 0.162. The molecule has 0 spiro atoms. The van der Waals surface area contributed by atoms with Crippen LogP contribution in [0.1, 0.15) is 30.0 Å². The SMILES string of the molecule is CN(C)c1nc(CNC(=O)/C=C/c2cccs2)nc(N2CCCCC2)n1. The Kier molecular flexibility index (Phi) is 6.17. The highest BCUT2D eigenvalue weighted by Gasteiger charge is 2.17. The number of hydrogen-bond donors (Lipinski definition) is 1. The van der Waals surface area contributed by atoms with E-state index in [9.17, 15) is 4.79 Å². The summed E-state index contributed by atoms with van der Waals surface area (Å²) in [6.07, 6.45) is 6.90. The Morgan fingerprint density at radius 1 is 1.27 bits per heavy atom. The molecule has 0 aliphatic carbocycles. The fourth-order valence-corrected chi connectivity index (χ4v) is 3.30. The van der Waals surface area contributed by atoms with E-state index in [4.69, 9.17) is 0 Å². The van der Waals surface area contributed by atoms with Gasteiger partial charge < -0.3 is 15.1 Å². The molecule has 1 amide bonds. The molecule has 2 aromatic rings. The molecule has 1 aliphatic rings. The predicted octanol–water partition coefficient (Wildman–Crippen LogP) is 2.32. The van der Waals surface area contributed by atoms with Crippen molar-refractivity contribution in [1.82, 2.24) is 20.3 Å². The number of carbonyl (C=O) groups excluding carboxylic acids is 1. The van der Waals surface area contributed by atoms with Crippen molar-refractivity contribution >= 4 is 35.2 Å². The lowest BCUT2D eigenvalue weighted by molar-refractivity contribution is -0.116. The van der Waals surface area contributed by atoms with Crippen LogP contribution in [0.15, 0.2) is 23.6 Å². The van der Waals surface area contributed by atoms with E-state index in [1.165, 1.54) is 12.5 Å². The summed E-state index contributed by atoms with van der Waals surface area (Å²) in [5.41, 5.74) is 0. The quantitative estimate of drug-likeness (QED) is 0.785. The van der Waals surface area contributed by atoms with Crippen molar-refractivity contribution in [2.24, 2.45) is 0 Å². The maximum absolute atomic E-state index is 12.0. The number of carbonyl (C=O) groups is 1. The summed E-state index contributed by atoms with van der Waals surface area (Å²) in [5.74, 6) is 1.72. The van der Waals surface area contributed by atoms with Crippen LogP contribution in [0.25, 0.3) is 6.08 Å². The zero-order valence-electron chi connectivity index (χ0n) is 15.2. The summed E-state index contributed by atoms with van der Waals surface area (Å²) in [6.45, 7) is 2.20. The van der Waals surface area contributed by atoms with E-state index in [1.807, 2.05) is 36.5 Å². The molecule has 0 aromatic carbocycles. The van der Waals surface area contributed by atoms with Gasteiger partial charge in [0.05, 0.1) is 6.54 Å². The van der Waals surface area contributed by atoms with Crippen molar-refractivity contribution in [2.45, 2.75) is 25.8 Å². The first-order chi connectivity index (χ1) is 12.6. The fraction of sp³-hybridized carbons (Fsp3) is 0.444. The molecular weight excluding hydrogens is 348 g/mol. The smallest absolute Gasteiger partial charge is 0.244 e. The molecule has 8 heteroatoms. The van der Waals surface area contributed by atoms with Crippen LogP contribution in [0, 0.1) is 0 Å². The molecule has 2 aromatic heterocycles. The van der Waals surface area contributed by atoms with Crippen molar-refractivity contribution < 1.29 is 4.79 Å². The number of nitrogens with one attached hydrogen (secondary N) is 1. The van der Waals surface area contributed by atoms with Crippen LogP contribution >= 0.6 is 11.3 Å². The van der Waals surface area contributed by atoms with E-state index in [2.05, 4.69) is 25.2 Å². The maximum atomic E-state index is 12.0. The molecule has 26 heavy (non-hydrogen) atoms. The van der Waals surface area contributed by atoms with Gasteiger partial charge in [-0.15, -0.1) is 11.3 Å². The number of hydrogen-bond acceptors (Lipinski definition) is 7. The molecule has 1 saturated heterocycles. The van der Waals surface area contributed by atoms with E-state index in [0.717, 1.165) is 30.8 Å². The summed E-state index contributed by atoms with van der Waals surface area (Å²) >= 11 is 1.59. The molecule has 0 bridgehead atoms. The topological polar surface area (TPSA) is 74.2 Å². The molecule has 3 rings (SSSR count). The molecule has 0 radical (unpaired) electrons. The van der Waals surface area contributed by atoms with Crippen LogP contribution in [-0.2, 0) is 11.3 Å². The van der Waals surface area contributed by atoms with Gasteiger partial charge in [-0.05, 0) is 36.8 Å². The summed E-state index contributed by atoms with van der Waals surface area (Å²) in [5, 5.41) is 4.83. The van der Waals surface area contributed by atoms with Crippen LogP contribution in [0.2, 0.25) is 0 Å². The maximum Gasteiger partial charge on any atom is 0.244 e. The third-order valence-electron chi connectivity index (χ3n) is 4.06. The van der Waals surface area contributed by atoms with E-state index in [1.54, 1.807) is 17.4 Å². The van der Waals surface area contributed by atoms with Gasteiger partial charge in [0, 0.05) is 38.1 Å². The van der Waals surface area contributed by atoms with Crippen molar-refractivity contribution in [2.75, 3.05) is 37.0 Å². The van der Waals surface area contributed by atoms with Crippen LogP contribution in [0.4, 0.5) is 11.9 Å². The zero-order chi connectivity index (χ0) is 18.4. The van der Waals surface area contributed by atoms with E-state index in [-0.39, 0.29) is 12.5 Å². The number of nitrogens with zero attached hydrogens (tertiary/aromatic N) is 5. The van der Waals surface area contributed by atoms with Crippen LogP contribution in [-0.4, -0.2) is 48.0 Å². The number of thiophene rings is 1. The van der Waals surface area contributed by atoms with E-state index >= 15 is 0 Å². The first-order valence-corrected chi connectivity index (χ1v) is 9.66. The molecule has 1 aliphatic heterocycles. The number of piperidine rings is 1. The van der Waals surface area contributed by atoms with Crippen molar-refractivity contribution in [3.63, 3.8) is 0 Å². The zero-order valence-corrected chi connectivity index (χ0v) is 16.0. The Labute approximate surface area is 157 Å². The average Bonchev–Trinajstić information content (AvgIpc) is 3.19. The van der Waals surface area contributed by atoms with Crippen LogP contribution in [0.5, 0.6) is 0 Å². The largest absolute Gasteiger partial charge is 0.347 e. The molecule has 0 saturated carbocycles. The summed E-state index contributed by atoms with van der Waals surface area (Å²) in [7, 11) is 3.81. The standard InChI is InChI=1S/C18H24N6OS/c1-23(2)17-20-15(21-18(22-17)24-10-4-3-5-11-24)13-19-16(25)9-8-14-7-6-12-26-14/h6-9,12H,3-5,10-11,13H2,1-2H3,(H,19,25)/b9-8+. The lowest BCUT2D eigenvalue weighted by Crippen LogP contribution is -2.32. The van der Waals surface area contributed by atoms with E-state index < -0.39 is 0 Å². The molecule has 1 fully saturated rings. The van der Waals surface area contributed by atoms with Crippen molar-refractivity contribution in [3.05, 3.63) is 34.3 Å². The second-order valence-corrected chi connectivity index (χ2v) is 7.34. The summed E-state index contributed by atoms with van der Waals surface area (Å²) < 4.78 is 0. The third kappa shape index (κ3) is 5.01. The molecule has 7 nitrogen and oxygen atoms in total. The van der Waals surface area contributed by atoms with Gasteiger partial charge in [0.1, 0.15) is 0 Å². The highest BCUT2D eigenvalue weighted by Crippen LogP contribution is 2.18. The normalized spacial score (nSPS) is 14.6. The Hall–Kier alpha value is -2.48. The lowest BCUT2D eigenvalue weighted by Gasteiger charge is -2.27. The first kappa shape index (κ1) is 18.3. The Morgan fingerprint density at radius 3 is 2.77 bits per heavy atom. The lowest BCUT2D eigenvalue weighted by atomic mass is 10.1. The van der Waals surface area contributed by atoms with Gasteiger partial charge in [0.25, 0.3) is 0 Å². The van der Waals surface area contributed by atoms with E-state index in [0.29, 0.717) is 17.7 Å². The number of amides is 1. The molecule has 138 valence electrons. The highest BCUT2D eigenvalue weighted by molar-refractivity contribution is 7.10.